The number of amides is 1. The minimum atomic E-state index is -0.580. The zero-order chi connectivity index (χ0) is 16.1. The Kier molecular flexibility index (Phi) is 4.79. The predicted molar refractivity (Wildman–Crippen MR) is 83.8 cm³/mol. The second-order valence-electron chi connectivity index (χ2n) is 4.93. The van der Waals surface area contributed by atoms with Crippen LogP contribution in [-0.4, -0.2) is 27.3 Å². The molecule has 2 N–H and O–H groups in total. The number of nitrogens with one attached hydrogen (secondary N) is 1. The molecule has 6 heteroatoms. The summed E-state index contributed by atoms with van der Waals surface area (Å²) >= 11 is 0. The summed E-state index contributed by atoms with van der Waals surface area (Å²) in [5, 5.41) is 27.1. The average molecular weight is 298 g/mol. The van der Waals surface area contributed by atoms with Crippen LogP contribution in [0.4, 0.5) is 0 Å². The quantitative estimate of drug-likeness (QED) is 0.383. The molecule has 0 aliphatic heterocycles. The number of rotatable bonds is 5. The summed E-state index contributed by atoms with van der Waals surface area (Å²) in [6, 6.07) is 9.08. The molecule has 1 aromatic carbocycles. The minimum Gasteiger partial charge on any atom is -0.504 e. The molecule has 0 bridgehead atoms. The molecule has 0 fully saturated rings. The lowest BCUT2D eigenvalue weighted by molar-refractivity contribution is -0.117. The Morgan fingerprint density at radius 3 is 2.86 bits per heavy atom. The van der Waals surface area contributed by atoms with Gasteiger partial charge in [0.05, 0.1) is 5.52 Å². The minimum absolute atomic E-state index is 0.236. The number of para-hydroxylation sites is 1. The Bertz CT molecular complexity index is 768. The van der Waals surface area contributed by atoms with Gasteiger partial charge in [-0.2, -0.15) is 10.4 Å². The number of fused-ring (bicyclic) bond motifs is 1. The van der Waals surface area contributed by atoms with Crippen LogP contribution in [0.25, 0.3) is 16.7 Å². The number of nitriles is 1. The summed E-state index contributed by atoms with van der Waals surface area (Å²) in [6.07, 6.45) is 1.75. The molecular formula is C16H18N4O2. The number of aryl methyl sites for hydroxylation is 1. The molecule has 0 atom stereocenters. The van der Waals surface area contributed by atoms with Crippen molar-refractivity contribution in [3.05, 3.63) is 35.5 Å². The molecule has 0 unspecified atom stereocenters. The van der Waals surface area contributed by atoms with Gasteiger partial charge in [-0.1, -0.05) is 31.5 Å². The van der Waals surface area contributed by atoms with Crippen LogP contribution < -0.4 is 5.32 Å². The van der Waals surface area contributed by atoms with Crippen LogP contribution in [0, 0.1) is 11.3 Å². The van der Waals surface area contributed by atoms with E-state index in [-0.39, 0.29) is 11.3 Å². The SMILES string of the molecule is CCCCNC(=O)/C(C#N)=C(\O)c1nn(C)c2ccccc12. The van der Waals surface area contributed by atoms with Gasteiger partial charge in [0, 0.05) is 19.0 Å². The molecule has 0 aliphatic carbocycles. The molecule has 0 aliphatic rings. The maximum atomic E-state index is 12.0. The fraction of sp³-hybridized carbons (Fsp3) is 0.312. The molecule has 1 heterocycles. The lowest BCUT2D eigenvalue weighted by Gasteiger charge is -2.04. The first-order valence-corrected chi connectivity index (χ1v) is 7.13. The van der Waals surface area contributed by atoms with Crippen molar-refractivity contribution >= 4 is 22.6 Å². The van der Waals surface area contributed by atoms with Crippen molar-refractivity contribution in [2.24, 2.45) is 7.05 Å². The van der Waals surface area contributed by atoms with Gasteiger partial charge in [-0.25, -0.2) is 0 Å². The van der Waals surface area contributed by atoms with Crippen molar-refractivity contribution in [1.82, 2.24) is 15.1 Å². The highest BCUT2D eigenvalue weighted by molar-refractivity contribution is 6.05. The summed E-state index contributed by atoms with van der Waals surface area (Å²) in [7, 11) is 1.74. The first kappa shape index (κ1) is 15.6. The number of aliphatic hydroxyl groups excluding tert-OH is 1. The number of carbonyl (C=O) groups excluding carboxylic acids is 1. The van der Waals surface area contributed by atoms with Crippen molar-refractivity contribution in [2.75, 3.05) is 6.54 Å². The molecule has 0 saturated heterocycles. The van der Waals surface area contributed by atoms with Crippen molar-refractivity contribution in [3.63, 3.8) is 0 Å². The Balaban J connectivity index is 2.43. The Morgan fingerprint density at radius 2 is 2.18 bits per heavy atom. The first-order chi connectivity index (χ1) is 10.6. The topological polar surface area (TPSA) is 90.9 Å². The van der Waals surface area contributed by atoms with Crippen LogP contribution in [0.2, 0.25) is 0 Å². The van der Waals surface area contributed by atoms with Crippen LogP contribution in [0.3, 0.4) is 0 Å². The van der Waals surface area contributed by atoms with Gasteiger partial charge in [0.25, 0.3) is 5.91 Å². The van der Waals surface area contributed by atoms with Crippen molar-refractivity contribution in [3.8, 4) is 6.07 Å². The van der Waals surface area contributed by atoms with Gasteiger partial charge in [-0.15, -0.1) is 0 Å². The number of hydrogen-bond donors (Lipinski definition) is 2. The molecule has 0 spiro atoms. The predicted octanol–water partition coefficient (Wildman–Crippen LogP) is 2.28. The zero-order valence-electron chi connectivity index (χ0n) is 12.6. The van der Waals surface area contributed by atoms with Crippen LogP contribution in [0.5, 0.6) is 0 Å². The third-order valence-electron chi connectivity index (χ3n) is 3.37. The smallest absolute Gasteiger partial charge is 0.265 e. The third kappa shape index (κ3) is 2.93. The molecule has 22 heavy (non-hydrogen) atoms. The molecule has 2 aromatic rings. The molecule has 1 amide bonds. The molecular weight excluding hydrogens is 280 g/mol. The highest BCUT2D eigenvalue weighted by Crippen LogP contribution is 2.24. The molecule has 0 radical (unpaired) electrons. The molecule has 114 valence electrons. The second-order valence-corrected chi connectivity index (χ2v) is 4.93. The summed E-state index contributed by atoms with van der Waals surface area (Å²) in [5.41, 5.74) is 0.730. The Hall–Kier alpha value is -2.81. The van der Waals surface area contributed by atoms with E-state index in [0.717, 1.165) is 18.4 Å². The van der Waals surface area contributed by atoms with Gasteiger partial charge < -0.3 is 10.4 Å². The monoisotopic (exact) mass is 298 g/mol. The second kappa shape index (κ2) is 6.76. The highest BCUT2D eigenvalue weighted by Gasteiger charge is 2.20. The number of aliphatic hydroxyl groups is 1. The van der Waals surface area contributed by atoms with E-state index >= 15 is 0 Å². The summed E-state index contributed by atoms with van der Waals surface area (Å²) in [5.74, 6) is -0.975. The fourth-order valence-electron chi connectivity index (χ4n) is 2.19. The van der Waals surface area contributed by atoms with Crippen LogP contribution >= 0.6 is 0 Å². The van der Waals surface area contributed by atoms with E-state index in [1.54, 1.807) is 23.9 Å². The summed E-state index contributed by atoms with van der Waals surface area (Å²) < 4.78 is 1.60. The van der Waals surface area contributed by atoms with E-state index in [4.69, 9.17) is 0 Å². The third-order valence-corrected chi connectivity index (χ3v) is 3.37. The summed E-state index contributed by atoms with van der Waals surface area (Å²) in [4.78, 5) is 12.0. The molecule has 1 aromatic heterocycles. The van der Waals surface area contributed by atoms with Crippen molar-refractivity contribution in [2.45, 2.75) is 19.8 Å². The van der Waals surface area contributed by atoms with Gasteiger partial charge in [0.2, 0.25) is 0 Å². The standard InChI is InChI=1S/C16H18N4O2/c1-3-4-9-18-16(22)12(10-17)15(21)14-11-7-5-6-8-13(11)20(2)19-14/h5-8,21H,3-4,9H2,1-2H3,(H,18,22)/b15-12-. The van der Waals surface area contributed by atoms with Gasteiger partial charge in [-0.3, -0.25) is 9.48 Å². The highest BCUT2D eigenvalue weighted by atomic mass is 16.3. The number of unbranched alkanes of at least 4 members (excludes halogenated alkanes) is 1. The van der Waals surface area contributed by atoms with Crippen LogP contribution in [0.1, 0.15) is 25.5 Å². The van der Waals surface area contributed by atoms with E-state index < -0.39 is 11.7 Å². The van der Waals surface area contributed by atoms with E-state index in [1.165, 1.54) is 0 Å². The lowest BCUT2D eigenvalue weighted by atomic mass is 10.1. The fourth-order valence-corrected chi connectivity index (χ4v) is 2.19. The average Bonchev–Trinajstić information content (AvgIpc) is 2.86. The number of carbonyl (C=O) groups is 1. The Morgan fingerprint density at radius 1 is 1.45 bits per heavy atom. The van der Waals surface area contributed by atoms with Gasteiger partial charge in [0.15, 0.2) is 11.3 Å². The maximum Gasteiger partial charge on any atom is 0.265 e. The van der Waals surface area contributed by atoms with E-state index in [2.05, 4.69) is 10.4 Å². The van der Waals surface area contributed by atoms with Crippen molar-refractivity contribution < 1.29 is 9.90 Å². The van der Waals surface area contributed by atoms with Gasteiger partial charge in [0.1, 0.15) is 11.8 Å². The van der Waals surface area contributed by atoms with Crippen LogP contribution in [-0.2, 0) is 11.8 Å². The van der Waals surface area contributed by atoms with E-state index in [1.807, 2.05) is 25.1 Å². The number of aromatic nitrogens is 2. The zero-order valence-corrected chi connectivity index (χ0v) is 12.6. The van der Waals surface area contributed by atoms with Crippen molar-refractivity contribution in [1.29, 1.82) is 5.26 Å². The molecule has 0 saturated carbocycles. The summed E-state index contributed by atoms with van der Waals surface area (Å²) in [6.45, 7) is 2.47. The van der Waals surface area contributed by atoms with E-state index in [9.17, 15) is 15.2 Å². The van der Waals surface area contributed by atoms with E-state index in [0.29, 0.717) is 11.9 Å². The van der Waals surface area contributed by atoms with Gasteiger partial charge >= 0.3 is 0 Å². The maximum absolute atomic E-state index is 12.0. The normalized spacial score (nSPS) is 11.9. The number of hydrogen-bond acceptors (Lipinski definition) is 4. The largest absolute Gasteiger partial charge is 0.504 e. The van der Waals surface area contributed by atoms with Crippen LogP contribution in [0.15, 0.2) is 29.8 Å². The number of nitrogens with zero attached hydrogens (tertiary/aromatic N) is 3. The first-order valence-electron chi connectivity index (χ1n) is 7.13. The number of benzene rings is 1. The van der Waals surface area contributed by atoms with Gasteiger partial charge in [-0.05, 0) is 12.5 Å². The lowest BCUT2D eigenvalue weighted by Crippen LogP contribution is -2.26. The molecule has 2 rings (SSSR count). The Labute approximate surface area is 128 Å². The molecule has 6 nitrogen and oxygen atoms in total.